The first-order valence-electron chi connectivity index (χ1n) is 8.48. The molecule has 0 aliphatic rings. The van der Waals surface area contributed by atoms with E-state index in [2.05, 4.69) is 10.6 Å². The molecule has 1 unspecified atom stereocenters. The molecule has 27 heavy (non-hydrogen) atoms. The van der Waals surface area contributed by atoms with Crippen LogP contribution in [0.4, 0.5) is 4.39 Å². The normalized spacial score (nSPS) is 11.4. The van der Waals surface area contributed by atoms with Crippen LogP contribution in [-0.4, -0.2) is 36.0 Å². The van der Waals surface area contributed by atoms with Gasteiger partial charge in [0.15, 0.2) is 0 Å². The Bertz CT molecular complexity index is 796. The zero-order valence-electron chi connectivity index (χ0n) is 14.7. The summed E-state index contributed by atoms with van der Waals surface area (Å²) in [5.74, 6) is -3.11. The van der Waals surface area contributed by atoms with E-state index in [1.807, 2.05) is 30.3 Å². The van der Waals surface area contributed by atoms with Crippen LogP contribution >= 0.6 is 0 Å². The highest BCUT2D eigenvalue weighted by Crippen LogP contribution is 2.08. The summed E-state index contributed by atoms with van der Waals surface area (Å²) in [5, 5.41) is 14.3. The van der Waals surface area contributed by atoms with Crippen molar-refractivity contribution >= 4 is 17.8 Å². The summed E-state index contributed by atoms with van der Waals surface area (Å²) in [7, 11) is 0. The third-order valence-corrected chi connectivity index (χ3v) is 3.92. The van der Waals surface area contributed by atoms with Crippen LogP contribution in [0.15, 0.2) is 54.6 Å². The third-order valence-electron chi connectivity index (χ3n) is 3.92. The minimum absolute atomic E-state index is 0.0389. The maximum absolute atomic E-state index is 13.1. The molecule has 0 saturated carbocycles. The van der Waals surface area contributed by atoms with E-state index < -0.39 is 29.5 Å². The molecular formula is C20H21FN2O4. The van der Waals surface area contributed by atoms with Crippen molar-refractivity contribution in [2.24, 2.45) is 5.92 Å². The molecule has 3 N–H and O–H groups in total. The van der Waals surface area contributed by atoms with Gasteiger partial charge in [0, 0.05) is 6.54 Å². The summed E-state index contributed by atoms with van der Waals surface area (Å²) in [6.07, 6.45) is 0.249. The zero-order chi connectivity index (χ0) is 19.6. The standard InChI is InChI=1S/C20H21FN2O4/c21-17-8-4-7-15(10-17)11-18(24)23-13-19(25)22-12-16(20(26)27)9-14-5-2-1-3-6-14/h1-8,10,16H,9,11-13H2,(H,22,25)(H,23,24)(H,26,27). The predicted octanol–water partition coefficient (Wildman–Crippen LogP) is 1.54. The Hall–Kier alpha value is -3.22. The Morgan fingerprint density at radius 1 is 0.926 bits per heavy atom. The zero-order valence-corrected chi connectivity index (χ0v) is 14.7. The van der Waals surface area contributed by atoms with Crippen LogP contribution in [0.5, 0.6) is 0 Å². The first kappa shape index (κ1) is 20.1. The molecule has 1 atom stereocenters. The summed E-state index contributed by atoms with van der Waals surface area (Å²) >= 11 is 0. The molecule has 6 nitrogen and oxygen atoms in total. The molecule has 142 valence electrons. The van der Waals surface area contributed by atoms with Gasteiger partial charge < -0.3 is 15.7 Å². The Balaban J connectivity index is 1.75. The largest absolute Gasteiger partial charge is 0.481 e. The van der Waals surface area contributed by atoms with Gasteiger partial charge in [0.1, 0.15) is 5.82 Å². The molecule has 0 saturated heterocycles. The highest BCUT2D eigenvalue weighted by Gasteiger charge is 2.19. The summed E-state index contributed by atoms with van der Waals surface area (Å²) < 4.78 is 13.1. The van der Waals surface area contributed by atoms with E-state index in [1.54, 1.807) is 6.07 Å². The second-order valence-corrected chi connectivity index (χ2v) is 6.11. The number of hydrogen-bond acceptors (Lipinski definition) is 3. The molecule has 2 aromatic rings. The second-order valence-electron chi connectivity index (χ2n) is 6.11. The van der Waals surface area contributed by atoms with Gasteiger partial charge in [-0.1, -0.05) is 42.5 Å². The van der Waals surface area contributed by atoms with Gasteiger partial charge in [-0.2, -0.15) is 0 Å². The fourth-order valence-corrected chi connectivity index (χ4v) is 2.52. The van der Waals surface area contributed by atoms with Crippen LogP contribution in [0.25, 0.3) is 0 Å². The van der Waals surface area contributed by atoms with Crippen molar-refractivity contribution in [2.45, 2.75) is 12.8 Å². The fourth-order valence-electron chi connectivity index (χ4n) is 2.52. The van der Waals surface area contributed by atoms with Crippen molar-refractivity contribution < 1.29 is 23.9 Å². The highest BCUT2D eigenvalue weighted by atomic mass is 19.1. The minimum atomic E-state index is -1.01. The molecule has 0 aliphatic carbocycles. The van der Waals surface area contributed by atoms with Crippen LogP contribution in [0, 0.1) is 11.7 Å². The van der Waals surface area contributed by atoms with Gasteiger partial charge in [-0.05, 0) is 29.7 Å². The summed E-state index contributed by atoms with van der Waals surface area (Å²) in [4.78, 5) is 35.0. The predicted molar refractivity (Wildman–Crippen MR) is 97.4 cm³/mol. The van der Waals surface area contributed by atoms with E-state index in [4.69, 9.17) is 0 Å². The van der Waals surface area contributed by atoms with Crippen LogP contribution in [0.1, 0.15) is 11.1 Å². The Kier molecular flexibility index (Phi) is 7.49. The van der Waals surface area contributed by atoms with E-state index in [1.165, 1.54) is 18.2 Å². The molecule has 2 rings (SSSR count). The van der Waals surface area contributed by atoms with E-state index >= 15 is 0 Å². The van der Waals surface area contributed by atoms with Gasteiger partial charge in [0.2, 0.25) is 11.8 Å². The van der Waals surface area contributed by atoms with Gasteiger partial charge >= 0.3 is 5.97 Å². The number of rotatable bonds is 9. The van der Waals surface area contributed by atoms with Crippen molar-refractivity contribution in [3.05, 3.63) is 71.5 Å². The number of benzene rings is 2. The van der Waals surface area contributed by atoms with Crippen molar-refractivity contribution in [1.29, 1.82) is 0 Å². The van der Waals surface area contributed by atoms with E-state index in [-0.39, 0.29) is 19.5 Å². The number of carbonyl (C=O) groups excluding carboxylic acids is 2. The van der Waals surface area contributed by atoms with Crippen LogP contribution in [0.3, 0.4) is 0 Å². The lowest BCUT2D eigenvalue weighted by Crippen LogP contribution is -2.41. The van der Waals surface area contributed by atoms with Crippen molar-refractivity contribution in [3.63, 3.8) is 0 Å². The molecular weight excluding hydrogens is 351 g/mol. The van der Waals surface area contributed by atoms with Crippen LogP contribution in [-0.2, 0) is 27.2 Å². The van der Waals surface area contributed by atoms with Crippen molar-refractivity contribution in [1.82, 2.24) is 10.6 Å². The number of halogens is 1. The Morgan fingerprint density at radius 3 is 2.30 bits per heavy atom. The lowest BCUT2D eigenvalue weighted by Gasteiger charge is -2.14. The molecule has 0 bridgehead atoms. The molecule has 0 heterocycles. The molecule has 0 aromatic heterocycles. The van der Waals surface area contributed by atoms with Gasteiger partial charge in [0.25, 0.3) is 0 Å². The van der Waals surface area contributed by atoms with E-state index in [0.29, 0.717) is 12.0 Å². The lowest BCUT2D eigenvalue weighted by molar-refractivity contribution is -0.141. The monoisotopic (exact) mass is 372 g/mol. The summed E-state index contributed by atoms with van der Waals surface area (Å²) in [6, 6.07) is 14.8. The Morgan fingerprint density at radius 2 is 1.63 bits per heavy atom. The van der Waals surface area contributed by atoms with Crippen LogP contribution < -0.4 is 10.6 Å². The molecule has 2 amide bonds. The van der Waals surface area contributed by atoms with Gasteiger partial charge in [-0.3, -0.25) is 14.4 Å². The van der Waals surface area contributed by atoms with E-state index in [9.17, 15) is 23.9 Å². The van der Waals surface area contributed by atoms with Crippen LogP contribution in [0.2, 0.25) is 0 Å². The maximum Gasteiger partial charge on any atom is 0.308 e. The van der Waals surface area contributed by atoms with E-state index in [0.717, 1.165) is 5.56 Å². The molecule has 0 spiro atoms. The molecule has 0 radical (unpaired) electrons. The number of nitrogens with one attached hydrogen (secondary N) is 2. The van der Waals surface area contributed by atoms with Crippen molar-refractivity contribution in [3.8, 4) is 0 Å². The highest BCUT2D eigenvalue weighted by molar-refractivity contribution is 5.86. The first-order valence-corrected chi connectivity index (χ1v) is 8.48. The molecule has 7 heteroatoms. The minimum Gasteiger partial charge on any atom is -0.481 e. The van der Waals surface area contributed by atoms with Gasteiger partial charge in [-0.25, -0.2) is 4.39 Å². The maximum atomic E-state index is 13.1. The number of hydrogen-bond donors (Lipinski definition) is 3. The van der Waals surface area contributed by atoms with Crippen molar-refractivity contribution in [2.75, 3.05) is 13.1 Å². The quantitative estimate of drug-likeness (QED) is 0.622. The average molecular weight is 372 g/mol. The summed E-state index contributed by atoms with van der Waals surface area (Å²) in [6.45, 7) is -0.311. The fraction of sp³-hybridized carbons (Fsp3) is 0.250. The molecule has 0 fully saturated rings. The van der Waals surface area contributed by atoms with Gasteiger partial charge in [0.05, 0.1) is 18.9 Å². The summed E-state index contributed by atoms with van der Waals surface area (Å²) in [5.41, 5.74) is 1.37. The molecule has 2 aromatic carbocycles. The number of carbonyl (C=O) groups is 3. The number of carboxylic acids is 1. The average Bonchev–Trinajstić information content (AvgIpc) is 2.64. The lowest BCUT2D eigenvalue weighted by atomic mass is 9.99. The Labute approximate surface area is 156 Å². The SMILES string of the molecule is O=C(CNC(=O)Cc1cccc(F)c1)NCC(Cc1ccccc1)C(=O)O. The first-order chi connectivity index (χ1) is 12.9. The number of amides is 2. The number of aliphatic carboxylic acids is 1. The topological polar surface area (TPSA) is 95.5 Å². The number of carboxylic acid groups (broad SMARTS) is 1. The van der Waals surface area contributed by atoms with Gasteiger partial charge in [-0.15, -0.1) is 0 Å². The molecule has 0 aliphatic heterocycles. The second kappa shape index (κ2) is 10.1. The smallest absolute Gasteiger partial charge is 0.308 e. The third kappa shape index (κ3) is 7.27.